The number of nitrogen functional groups attached to an aromatic ring is 1. The summed E-state index contributed by atoms with van der Waals surface area (Å²) < 4.78 is 0. The topological polar surface area (TPSA) is 43.1 Å². The van der Waals surface area contributed by atoms with Gasteiger partial charge in [-0.2, -0.15) is 0 Å². The average molecular weight is 208 g/mol. The minimum Gasteiger partial charge on any atom is -0.398 e. The smallest absolute Gasteiger partial charge is 0.142 e. The SMILES string of the molecule is Nc1cc2c(cc1C(Cl)C=O)CC=C2. The Morgan fingerprint density at radius 3 is 3.00 bits per heavy atom. The van der Waals surface area contributed by atoms with Crippen molar-refractivity contribution in [2.24, 2.45) is 0 Å². The van der Waals surface area contributed by atoms with E-state index in [4.69, 9.17) is 17.3 Å². The zero-order chi connectivity index (χ0) is 10.1. The second-order valence-corrected chi connectivity index (χ2v) is 3.79. The fourth-order valence-electron chi connectivity index (χ4n) is 1.65. The summed E-state index contributed by atoms with van der Waals surface area (Å²) in [5.41, 5.74) is 9.40. The summed E-state index contributed by atoms with van der Waals surface area (Å²) in [6, 6.07) is 3.78. The minimum atomic E-state index is -0.638. The molecule has 0 spiro atoms. The van der Waals surface area contributed by atoms with E-state index < -0.39 is 5.38 Å². The average Bonchev–Trinajstić information content (AvgIpc) is 2.62. The molecule has 0 aromatic heterocycles. The Balaban J connectivity index is 2.49. The molecule has 2 nitrogen and oxygen atoms in total. The van der Waals surface area contributed by atoms with E-state index in [1.54, 1.807) is 0 Å². The first kappa shape index (κ1) is 9.28. The van der Waals surface area contributed by atoms with Gasteiger partial charge in [-0.25, -0.2) is 0 Å². The van der Waals surface area contributed by atoms with Crippen LogP contribution >= 0.6 is 11.6 Å². The Labute approximate surface area is 87.4 Å². The van der Waals surface area contributed by atoms with Gasteiger partial charge < -0.3 is 10.5 Å². The zero-order valence-electron chi connectivity index (χ0n) is 7.53. The highest BCUT2D eigenvalue weighted by Gasteiger charge is 2.14. The Morgan fingerprint density at radius 1 is 1.50 bits per heavy atom. The van der Waals surface area contributed by atoms with E-state index >= 15 is 0 Å². The number of rotatable bonds is 2. The van der Waals surface area contributed by atoms with Gasteiger partial charge in [0.2, 0.25) is 0 Å². The normalized spacial score (nSPS) is 15.2. The number of hydrogen-bond donors (Lipinski definition) is 1. The second-order valence-electron chi connectivity index (χ2n) is 3.32. The highest BCUT2D eigenvalue weighted by Crippen LogP contribution is 2.30. The predicted molar refractivity (Wildman–Crippen MR) is 58.3 cm³/mol. The molecule has 0 amide bonds. The van der Waals surface area contributed by atoms with Crippen molar-refractivity contribution in [2.75, 3.05) is 5.73 Å². The highest BCUT2D eigenvalue weighted by atomic mass is 35.5. The van der Waals surface area contributed by atoms with Crippen LogP contribution in [0.25, 0.3) is 6.08 Å². The maximum atomic E-state index is 10.6. The number of anilines is 1. The van der Waals surface area contributed by atoms with Crippen LogP contribution in [0.15, 0.2) is 18.2 Å². The molecule has 0 aliphatic heterocycles. The molecule has 1 aliphatic carbocycles. The van der Waals surface area contributed by atoms with E-state index in [2.05, 4.69) is 6.08 Å². The number of carbonyl (C=O) groups is 1. The lowest BCUT2D eigenvalue weighted by atomic mass is 10.0. The molecule has 3 heteroatoms. The van der Waals surface area contributed by atoms with Gasteiger partial charge >= 0.3 is 0 Å². The quantitative estimate of drug-likeness (QED) is 0.460. The van der Waals surface area contributed by atoms with Gasteiger partial charge in [0.1, 0.15) is 11.7 Å². The van der Waals surface area contributed by atoms with Gasteiger partial charge in [-0.3, -0.25) is 0 Å². The van der Waals surface area contributed by atoms with E-state index in [9.17, 15) is 4.79 Å². The van der Waals surface area contributed by atoms with Crippen molar-refractivity contribution >= 4 is 29.7 Å². The lowest BCUT2D eigenvalue weighted by Gasteiger charge is -2.09. The molecule has 0 saturated carbocycles. The van der Waals surface area contributed by atoms with E-state index in [0.717, 1.165) is 12.0 Å². The Kier molecular flexibility index (Phi) is 2.30. The lowest BCUT2D eigenvalue weighted by Crippen LogP contribution is -2.00. The molecule has 2 rings (SSSR count). The third kappa shape index (κ3) is 1.42. The summed E-state index contributed by atoms with van der Waals surface area (Å²) in [4.78, 5) is 10.6. The van der Waals surface area contributed by atoms with Crippen LogP contribution in [0.4, 0.5) is 5.69 Å². The van der Waals surface area contributed by atoms with Crippen LogP contribution in [0.2, 0.25) is 0 Å². The summed E-state index contributed by atoms with van der Waals surface area (Å²) in [5, 5.41) is -0.638. The van der Waals surface area contributed by atoms with Crippen molar-refractivity contribution < 1.29 is 4.79 Å². The van der Waals surface area contributed by atoms with Crippen molar-refractivity contribution in [3.05, 3.63) is 34.9 Å². The standard InChI is InChI=1S/C11H10ClNO/c12-10(6-14)9-4-7-2-1-3-8(7)5-11(9)13/h1,3-6,10H,2,13H2. The fraction of sp³-hybridized carbons (Fsp3) is 0.182. The van der Waals surface area contributed by atoms with E-state index in [1.807, 2.05) is 18.2 Å². The first-order valence-electron chi connectivity index (χ1n) is 4.40. The maximum Gasteiger partial charge on any atom is 0.142 e. The lowest BCUT2D eigenvalue weighted by molar-refractivity contribution is -0.107. The second kappa shape index (κ2) is 3.46. The van der Waals surface area contributed by atoms with Crippen molar-refractivity contribution in [3.8, 4) is 0 Å². The highest BCUT2D eigenvalue weighted by molar-refractivity contribution is 6.28. The number of carbonyl (C=O) groups excluding carboxylic acids is 1. The molecule has 0 fully saturated rings. The van der Waals surface area contributed by atoms with E-state index in [1.165, 1.54) is 5.56 Å². The van der Waals surface area contributed by atoms with Gasteiger partial charge in [-0.05, 0) is 23.6 Å². The number of fused-ring (bicyclic) bond motifs is 1. The van der Waals surface area contributed by atoms with Crippen molar-refractivity contribution in [1.29, 1.82) is 0 Å². The van der Waals surface area contributed by atoms with Gasteiger partial charge in [-0.1, -0.05) is 18.2 Å². The summed E-state index contributed by atoms with van der Waals surface area (Å²) >= 11 is 5.83. The molecular formula is C11H10ClNO. The molecule has 1 atom stereocenters. The number of nitrogens with two attached hydrogens (primary N) is 1. The Bertz CT molecular complexity index is 412. The van der Waals surface area contributed by atoms with Crippen LogP contribution in [-0.2, 0) is 11.2 Å². The predicted octanol–water partition coefficient (Wildman–Crippen LogP) is 2.32. The van der Waals surface area contributed by atoms with Crippen LogP contribution in [0.5, 0.6) is 0 Å². The van der Waals surface area contributed by atoms with E-state index in [0.29, 0.717) is 17.5 Å². The molecule has 1 unspecified atom stereocenters. The molecule has 1 aromatic carbocycles. The third-order valence-corrected chi connectivity index (χ3v) is 2.73. The van der Waals surface area contributed by atoms with Crippen LogP contribution in [0.3, 0.4) is 0 Å². The van der Waals surface area contributed by atoms with Gasteiger partial charge in [0, 0.05) is 11.3 Å². The van der Waals surface area contributed by atoms with Crippen LogP contribution in [0.1, 0.15) is 22.1 Å². The van der Waals surface area contributed by atoms with Gasteiger partial charge in [0.15, 0.2) is 0 Å². The monoisotopic (exact) mass is 207 g/mol. The molecule has 1 aromatic rings. The molecule has 0 heterocycles. The maximum absolute atomic E-state index is 10.6. The molecule has 0 saturated heterocycles. The summed E-state index contributed by atoms with van der Waals surface area (Å²) in [6.07, 6.45) is 5.69. The van der Waals surface area contributed by atoms with Gasteiger partial charge in [-0.15, -0.1) is 11.6 Å². The number of alkyl halides is 1. The number of aldehydes is 1. The van der Waals surface area contributed by atoms with Gasteiger partial charge in [0.05, 0.1) is 0 Å². The van der Waals surface area contributed by atoms with Crippen molar-refractivity contribution in [2.45, 2.75) is 11.8 Å². The largest absolute Gasteiger partial charge is 0.398 e. The molecule has 72 valence electrons. The number of allylic oxidation sites excluding steroid dienone is 1. The fourth-order valence-corrected chi connectivity index (χ4v) is 1.84. The Hall–Kier alpha value is -1.28. The minimum absolute atomic E-state index is 0.586. The number of hydrogen-bond acceptors (Lipinski definition) is 2. The Morgan fingerprint density at radius 2 is 2.29 bits per heavy atom. The summed E-state index contributed by atoms with van der Waals surface area (Å²) in [6.45, 7) is 0. The molecule has 1 aliphatic rings. The van der Waals surface area contributed by atoms with Crippen LogP contribution in [0, 0.1) is 0 Å². The van der Waals surface area contributed by atoms with Crippen LogP contribution < -0.4 is 5.73 Å². The summed E-state index contributed by atoms with van der Waals surface area (Å²) in [5.74, 6) is 0. The molecule has 0 radical (unpaired) electrons. The first-order valence-corrected chi connectivity index (χ1v) is 4.84. The molecule has 0 bridgehead atoms. The molecule has 2 N–H and O–H groups in total. The first-order chi connectivity index (χ1) is 6.72. The van der Waals surface area contributed by atoms with E-state index in [-0.39, 0.29) is 0 Å². The van der Waals surface area contributed by atoms with Crippen molar-refractivity contribution in [3.63, 3.8) is 0 Å². The van der Waals surface area contributed by atoms with Crippen LogP contribution in [-0.4, -0.2) is 6.29 Å². The number of benzene rings is 1. The van der Waals surface area contributed by atoms with Crippen molar-refractivity contribution in [1.82, 2.24) is 0 Å². The molecular weight excluding hydrogens is 198 g/mol. The zero-order valence-corrected chi connectivity index (χ0v) is 8.29. The number of halogens is 1. The van der Waals surface area contributed by atoms with Gasteiger partial charge in [0.25, 0.3) is 0 Å². The molecule has 14 heavy (non-hydrogen) atoms. The third-order valence-electron chi connectivity index (χ3n) is 2.40. The summed E-state index contributed by atoms with van der Waals surface area (Å²) in [7, 11) is 0.